The van der Waals surface area contributed by atoms with Gasteiger partial charge in [0, 0.05) is 27.2 Å². The summed E-state index contributed by atoms with van der Waals surface area (Å²) < 4.78 is 5.14. The first-order valence-corrected chi connectivity index (χ1v) is 26.8. The van der Waals surface area contributed by atoms with Crippen molar-refractivity contribution in [2.75, 3.05) is 0 Å². The molecule has 2 aromatic heterocycles. The van der Waals surface area contributed by atoms with Crippen molar-refractivity contribution in [3.8, 4) is 33.6 Å². The fraction of sp³-hybridized carbons (Fsp3) is 0.0909. The minimum atomic E-state index is -3.09. The first kappa shape index (κ1) is 41.2. The van der Waals surface area contributed by atoms with Crippen molar-refractivity contribution < 1.29 is 0 Å². The summed E-state index contributed by atoms with van der Waals surface area (Å²) in [5.41, 5.74) is 13.6. The van der Waals surface area contributed by atoms with Crippen LogP contribution in [0.15, 0.2) is 249 Å². The highest BCUT2D eigenvalue weighted by Crippen LogP contribution is 2.41. The minimum absolute atomic E-state index is 0.607. The van der Waals surface area contributed by atoms with E-state index in [1.165, 1.54) is 130 Å². The molecule has 330 valence electrons. The molecule has 2 heterocycles. The van der Waals surface area contributed by atoms with Crippen molar-refractivity contribution in [2.24, 2.45) is 0 Å². The molecule has 13 rings (SSSR count). The topological polar surface area (TPSA) is 9.86 Å². The molecule has 1 aliphatic carbocycles. The SMILES string of the molecule is c1ccc(-c2cccc([Si](c3ccccc3)(c3cccc(-c4ccccc4)c3)c3cccc(-n4c5ccccc5c5cccc(-n6c7ccccc7c7ccc(C8CCCCC8)cc76)c54)c3)c2)cc1. The predicted octanol–water partition coefficient (Wildman–Crippen LogP) is 14.6. The molecule has 1 fully saturated rings. The number of fused-ring (bicyclic) bond motifs is 6. The normalized spacial score (nSPS) is 13.4. The molecule has 0 spiro atoms. The third-order valence-electron chi connectivity index (χ3n) is 15.2. The molecule has 0 radical (unpaired) electrons. The lowest BCUT2D eigenvalue weighted by atomic mass is 9.84. The summed E-state index contributed by atoms with van der Waals surface area (Å²) in [6.45, 7) is 0. The van der Waals surface area contributed by atoms with Gasteiger partial charge < -0.3 is 9.13 Å². The van der Waals surface area contributed by atoms with E-state index in [1.807, 2.05) is 0 Å². The Balaban J connectivity index is 1.10. The Labute approximate surface area is 405 Å². The summed E-state index contributed by atoms with van der Waals surface area (Å²) in [5.74, 6) is 0.607. The molecule has 3 heteroatoms. The van der Waals surface area contributed by atoms with Gasteiger partial charge in [-0.2, -0.15) is 0 Å². The van der Waals surface area contributed by atoms with Gasteiger partial charge in [0.05, 0.1) is 27.8 Å². The van der Waals surface area contributed by atoms with E-state index in [-0.39, 0.29) is 0 Å². The van der Waals surface area contributed by atoms with Crippen LogP contribution < -0.4 is 20.7 Å². The Morgan fingerprint density at radius 3 is 1.45 bits per heavy atom. The zero-order valence-corrected chi connectivity index (χ0v) is 39.7. The summed E-state index contributed by atoms with van der Waals surface area (Å²) in [6, 6.07) is 93.9. The van der Waals surface area contributed by atoms with Crippen LogP contribution in [0.4, 0.5) is 0 Å². The van der Waals surface area contributed by atoms with Crippen LogP contribution >= 0.6 is 0 Å². The van der Waals surface area contributed by atoms with Crippen molar-refractivity contribution >= 4 is 72.4 Å². The Morgan fingerprint density at radius 2 is 0.797 bits per heavy atom. The van der Waals surface area contributed by atoms with Gasteiger partial charge in [0.2, 0.25) is 0 Å². The molecule has 12 aromatic rings. The molecule has 69 heavy (non-hydrogen) atoms. The maximum Gasteiger partial charge on any atom is 0.179 e. The van der Waals surface area contributed by atoms with Crippen LogP contribution in [0.2, 0.25) is 0 Å². The third kappa shape index (κ3) is 6.91. The van der Waals surface area contributed by atoms with Crippen molar-refractivity contribution in [3.63, 3.8) is 0 Å². The van der Waals surface area contributed by atoms with Crippen LogP contribution in [0.25, 0.3) is 77.2 Å². The van der Waals surface area contributed by atoms with Crippen molar-refractivity contribution in [1.29, 1.82) is 0 Å². The van der Waals surface area contributed by atoms with Crippen LogP contribution in [-0.4, -0.2) is 17.2 Å². The summed E-state index contributed by atoms with van der Waals surface area (Å²) in [6.07, 6.45) is 6.52. The lowest BCUT2D eigenvalue weighted by Crippen LogP contribution is -2.74. The molecule has 0 N–H and O–H groups in total. The van der Waals surface area contributed by atoms with Gasteiger partial charge in [-0.05, 0) is 104 Å². The molecule has 0 saturated heterocycles. The van der Waals surface area contributed by atoms with Crippen molar-refractivity contribution in [3.05, 3.63) is 254 Å². The number of benzene rings is 10. The molecule has 1 saturated carbocycles. The second-order valence-electron chi connectivity index (χ2n) is 19.0. The van der Waals surface area contributed by atoms with E-state index in [4.69, 9.17) is 0 Å². The van der Waals surface area contributed by atoms with E-state index in [2.05, 4.69) is 258 Å². The molecule has 1 aliphatic rings. The largest absolute Gasteiger partial charge is 0.307 e. The van der Waals surface area contributed by atoms with Gasteiger partial charge in [-0.25, -0.2) is 0 Å². The number of hydrogen-bond donors (Lipinski definition) is 0. The summed E-state index contributed by atoms with van der Waals surface area (Å²) in [4.78, 5) is 0. The molecular weight excluding hydrogens is 849 g/mol. The van der Waals surface area contributed by atoms with Gasteiger partial charge in [-0.1, -0.05) is 232 Å². The van der Waals surface area contributed by atoms with Crippen molar-refractivity contribution in [1.82, 2.24) is 9.13 Å². The van der Waals surface area contributed by atoms with E-state index in [0.29, 0.717) is 5.92 Å². The van der Waals surface area contributed by atoms with Crippen LogP contribution in [-0.2, 0) is 0 Å². The second kappa shape index (κ2) is 17.3. The van der Waals surface area contributed by atoms with Gasteiger partial charge in [0.15, 0.2) is 8.07 Å². The number of hydrogen-bond acceptors (Lipinski definition) is 0. The number of nitrogens with zero attached hydrogens (tertiary/aromatic N) is 2. The van der Waals surface area contributed by atoms with E-state index < -0.39 is 8.07 Å². The molecule has 2 nitrogen and oxygen atoms in total. The highest BCUT2D eigenvalue weighted by atomic mass is 28.3. The highest BCUT2D eigenvalue weighted by Gasteiger charge is 2.42. The maximum absolute atomic E-state index is 3.09. The summed E-state index contributed by atoms with van der Waals surface area (Å²) in [5, 5.41) is 10.5. The Morgan fingerprint density at radius 1 is 0.319 bits per heavy atom. The quantitative estimate of drug-likeness (QED) is 0.101. The lowest BCUT2D eigenvalue weighted by Gasteiger charge is -2.35. The van der Waals surface area contributed by atoms with E-state index in [0.717, 1.165) is 5.69 Å². The molecule has 10 aromatic carbocycles. The van der Waals surface area contributed by atoms with Crippen LogP contribution in [0.5, 0.6) is 0 Å². The van der Waals surface area contributed by atoms with Crippen LogP contribution in [0, 0.1) is 0 Å². The molecule has 0 amide bonds. The zero-order chi connectivity index (χ0) is 45.7. The van der Waals surface area contributed by atoms with Gasteiger partial charge in [0.1, 0.15) is 0 Å². The number of para-hydroxylation sites is 3. The highest BCUT2D eigenvalue weighted by molar-refractivity contribution is 7.20. The summed E-state index contributed by atoms with van der Waals surface area (Å²) >= 11 is 0. The van der Waals surface area contributed by atoms with Gasteiger partial charge in [-0.3, -0.25) is 0 Å². The number of aromatic nitrogens is 2. The first-order valence-electron chi connectivity index (χ1n) is 24.8. The zero-order valence-electron chi connectivity index (χ0n) is 38.7. The molecule has 0 aliphatic heterocycles. The molecule has 0 atom stereocenters. The monoisotopic (exact) mass is 900 g/mol. The predicted molar refractivity (Wildman–Crippen MR) is 295 cm³/mol. The fourth-order valence-corrected chi connectivity index (χ4v) is 16.9. The Hall–Kier alpha value is -7.98. The minimum Gasteiger partial charge on any atom is -0.307 e. The van der Waals surface area contributed by atoms with Crippen LogP contribution in [0.3, 0.4) is 0 Å². The van der Waals surface area contributed by atoms with Gasteiger partial charge >= 0.3 is 0 Å². The van der Waals surface area contributed by atoms with Crippen LogP contribution in [0.1, 0.15) is 43.6 Å². The average molecular weight is 901 g/mol. The van der Waals surface area contributed by atoms with Crippen molar-refractivity contribution in [2.45, 2.75) is 38.0 Å². The standard InChI is InChI=1S/C66H52N2Si/c1-5-21-47(22-6-1)50-27-17-32-55(43-50)69(54-30-11-4-12-31-54,56-33-18-28-51(44-56)48-23-7-2-8-24-48)57-34-19-29-53(46-57)67-62-38-15-14-36-59(62)61-37-20-40-64(66(61)67)68-63-39-16-13-35-58(63)60-42-41-52(45-65(60)68)49-25-9-3-10-26-49/h1-2,4-8,11-24,27-46,49H,3,9-10,25-26H2. The first-order chi connectivity index (χ1) is 34.2. The Kier molecular flexibility index (Phi) is 10.3. The van der Waals surface area contributed by atoms with Gasteiger partial charge in [0.25, 0.3) is 0 Å². The van der Waals surface area contributed by atoms with E-state index in [9.17, 15) is 0 Å². The second-order valence-corrected chi connectivity index (χ2v) is 22.9. The van der Waals surface area contributed by atoms with E-state index >= 15 is 0 Å². The fourth-order valence-electron chi connectivity index (χ4n) is 12.1. The van der Waals surface area contributed by atoms with Gasteiger partial charge in [-0.15, -0.1) is 0 Å². The molecular formula is C66H52N2Si. The summed E-state index contributed by atoms with van der Waals surface area (Å²) in [7, 11) is -3.09. The average Bonchev–Trinajstić information content (AvgIpc) is 3.95. The molecule has 0 bridgehead atoms. The lowest BCUT2D eigenvalue weighted by molar-refractivity contribution is 0.444. The third-order valence-corrected chi connectivity index (χ3v) is 20.0. The van der Waals surface area contributed by atoms with E-state index in [1.54, 1.807) is 0 Å². The smallest absolute Gasteiger partial charge is 0.179 e. The Bertz CT molecular complexity index is 3740. The number of rotatable bonds is 9. The maximum atomic E-state index is 2.58. The molecule has 0 unspecified atom stereocenters.